The summed E-state index contributed by atoms with van der Waals surface area (Å²) >= 11 is 0. The van der Waals surface area contributed by atoms with Crippen molar-refractivity contribution >= 4 is 7.49 Å². The van der Waals surface area contributed by atoms with Crippen LogP contribution in [-0.4, -0.2) is 25.1 Å². The first-order valence-electron chi connectivity index (χ1n) is 10.2. The predicted molar refractivity (Wildman–Crippen MR) is 106 cm³/mol. The average molecular weight is 332 g/mol. The first-order chi connectivity index (χ1) is 10.7. The van der Waals surface area contributed by atoms with E-state index in [4.69, 9.17) is 4.52 Å². The third-order valence-corrected chi connectivity index (χ3v) is 8.86. The molecule has 0 amide bonds. The summed E-state index contributed by atoms with van der Waals surface area (Å²) in [5, 5.41) is 0. The molecule has 0 spiro atoms. The van der Waals surface area contributed by atoms with Crippen molar-refractivity contribution in [2.75, 3.05) is 25.1 Å². The van der Waals surface area contributed by atoms with Gasteiger partial charge in [0.15, 0.2) is 0 Å². The molecule has 0 aromatic heterocycles. The molecule has 0 bridgehead atoms. The zero-order chi connectivity index (χ0) is 16.5. The van der Waals surface area contributed by atoms with E-state index in [-0.39, 0.29) is 0 Å². The Bertz CT molecular complexity index is 186. The van der Waals surface area contributed by atoms with Crippen molar-refractivity contribution in [3.8, 4) is 0 Å². The maximum absolute atomic E-state index is 6.48. The molecule has 0 aromatic carbocycles. The van der Waals surface area contributed by atoms with E-state index in [0.29, 0.717) is 0 Å². The largest absolute Gasteiger partial charge is 0.366 e. The van der Waals surface area contributed by atoms with Gasteiger partial charge in [-0.1, -0.05) is 78.6 Å². The fourth-order valence-corrected chi connectivity index (χ4v) is 7.29. The molecule has 0 heterocycles. The van der Waals surface area contributed by atoms with Gasteiger partial charge in [-0.15, -0.1) is 0 Å². The van der Waals surface area contributed by atoms with Crippen molar-refractivity contribution in [1.29, 1.82) is 0 Å². The number of unbranched alkanes of at least 4 members (excludes halogenated alkanes) is 9. The Labute approximate surface area is 142 Å². The highest BCUT2D eigenvalue weighted by Crippen LogP contribution is 2.61. The molecule has 0 saturated heterocycles. The van der Waals surface area contributed by atoms with E-state index in [1.54, 1.807) is 0 Å². The second-order valence-electron chi connectivity index (χ2n) is 6.83. The fourth-order valence-electron chi connectivity index (χ4n) is 3.28. The first-order valence-corrected chi connectivity index (χ1v) is 12.5. The van der Waals surface area contributed by atoms with Crippen LogP contribution in [-0.2, 0) is 4.52 Å². The summed E-state index contributed by atoms with van der Waals surface area (Å²) < 4.78 is 6.48. The molecular weight excluding hydrogens is 287 g/mol. The molecule has 0 atom stereocenters. The van der Waals surface area contributed by atoms with Gasteiger partial charge in [-0.05, 0) is 52.2 Å². The van der Waals surface area contributed by atoms with E-state index in [9.17, 15) is 0 Å². The molecule has 0 saturated carbocycles. The summed E-state index contributed by atoms with van der Waals surface area (Å²) in [6.07, 6.45) is 20.9. The molecule has 0 fully saturated rings. The maximum Gasteiger partial charge on any atom is 0.0475 e. The van der Waals surface area contributed by atoms with Gasteiger partial charge in [0.1, 0.15) is 0 Å². The minimum atomic E-state index is -1.12. The maximum atomic E-state index is 6.48. The SMILES string of the molecule is CCCCCC[P](CCCCCC)(CCCCCC)OCC. The van der Waals surface area contributed by atoms with Gasteiger partial charge in [0.25, 0.3) is 0 Å². The van der Waals surface area contributed by atoms with E-state index in [2.05, 4.69) is 27.7 Å². The molecule has 1 nitrogen and oxygen atoms in total. The van der Waals surface area contributed by atoms with Gasteiger partial charge in [-0.2, -0.15) is 0 Å². The van der Waals surface area contributed by atoms with Crippen LogP contribution >= 0.6 is 7.49 Å². The first kappa shape index (κ1) is 22.4. The van der Waals surface area contributed by atoms with Gasteiger partial charge < -0.3 is 4.52 Å². The summed E-state index contributed by atoms with van der Waals surface area (Å²) in [5.74, 6) is 0. The van der Waals surface area contributed by atoms with Gasteiger partial charge in [0.05, 0.1) is 0 Å². The lowest BCUT2D eigenvalue weighted by Crippen LogP contribution is -2.12. The van der Waals surface area contributed by atoms with Crippen LogP contribution < -0.4 is 0 Å². The highest BCUT2D eigenvalue weighted by Gasteiger charge is 2.26. The van der Waals surface area contributed by atoms with Gasteiger partial charge in [0.2, 0.25) is 0 Å². The highest BCUT2D eigenvalue weighted by molar-refractivity contribution is 7.71. The number of hydrogen-bond donors (Lipinski definition) is 0. The molecule has 0 unspecified atom stereocenters. The van der Waals surface area contributed by atoms with Gasteiger partial charge >= 0.3 is 0 Å². The van der Waals surface area contributed by atoms with Crippen LogP contribution in [0.1, 0.15) is 105 Å². The molecule has 0 aliphatic rings. The minimum Gasteiger partial charge on any atom is -0.366 e. The Morgan fingerprint density at radius 1 is 0.500 bits per heavy atom. The third-order valence-electron chi connectivity index (χ3n) is 4.66. The van der Waals surface area contributed by atoms with Crippen molar-refractivity contribution in [2.45, 2.75) is 105 Å². The second kappa shape index (κ2) is 16.3. The summed E-state index contributed by atoms with van der Waals surface area (Å²) in [6.45, 7) is 10.1. The van der Waals surface area contributed by atoms with E-state index < -0.39 is 7.49 Å². The Balaban J connectivity index is 4.39. The van der Waals surface area contributed by atoms with Crippen LogP contribution in [0.5, 0.6) is 0 Å². The fraction of sp³-hybridized carbons (Fsp3) is 1.00. The Morgan fingerprint density at radius 3 is 1.14 bits per heavy atom. The Hall–Kier alpha value is 0.390. The van der Waals surface area contributed by atoms with Crippen LogP contribution in [0.4, 0.5) is 0 Å². The molecule has 0 aromatic rings. The lowest BCUT2D eigenvalue weighted by molar-refractivity contribution is 0.359. The molecular formula is C20H44OP. The quantitative estimate of drug-likeness (QED) is 0.196. The number of hydrogen-bond acceptors (Lipinski definition) is 1. The standard InChI is InChI=1S/C20H44OP/c1-5-9-12-15-18-22(21-8-4,19-16-13-10-6-2)20-17-14-11-7-3/h5-20H2,1-4H3. The van der Waals surface area contributed by atoms with Crippen molar-refractivity contribution in [3.63, 3.8) is 0 Å². The molecule has 1 radical (unpaired) electrons. The second-order valence-corrected chi connectivity index (χ2v) is 10.5. The summed E-state index contributed by atoms with van der Waals surface area (Å²) in [5.41, 5.74) is 0. The molecule has 2 heteroatoms. The predicted octanol–water partition coefficient (Wildman–Crippen LogP) is 7.70. The van der Waals surface area contributed by atoms with E-state index in [1.807, 2.05) is 0 Å². The van der Waals surface area contributed by atoms with Crippen LogP contribution in [0.3, 0.4) is 0 Å². The zero-order valence-electron chi connectivity index (χ0n) is 16.2. The van der Waals surface area contributed by atoms with Crippen molar-refractivity contribution < 1.29 is 4.52 Å². The van der Waals surface area contributed by atoms with Crippen LogP contribution in [0, 0.1) is 0 Å². The van der Waals surface area contributed by atoms with E-state index in [0.717, 1.165) is 6.61 Å². The normalized spacial score (nSPS) is 12.0. The smallest absolute Gasteiger partial charge is 0.0475 e. The zero-order valence-corrected chi connectivity index (χ0v) is 17.1. The summed E-state index contributed by atoms with van der Waals surface area (Å²) in [4.78, 5) is 0. The topological polar surface area (TPSA) is 9.23 Å². The average Bonchev–Trinajstić information content (AvgIpc) is 2.53. The molecule has 0 N–H and O–H groups in total. The lowest BCUT2D eigenvalue weighted by atomic mass is 10.2. The number of rotatable bonds is 17. The van der Waals surface area contributed by atoms with Gasteiger partial charge in [-0.3, -0.25) is 0 Å². The van der Waals surface area contributed by atoms with E-state index in [1.165, 1.54) is 95.5 Å². The molecule has 0 aliphatic carbocycles. The van der Waals surface area contributed by atoms with Gasteiger partial charge in [-0.25, -0.2) is 0 Å². The highest BCUT2D eigenvalue weighted by atomic mass is 31.2. The summed E-state index contributed by atoms with van der Waals surface area (Å²) in [7, 11) is -1.12. The van der Waals surface area contributed by atoms with Crippen molar-refractivity contribution in [2.24, 2.45) is 0 Å². The molecule has 135 valence electrons. The van der Waals surface area contributed by atoms with Gasteiger partial charge in [0, 0.05) is 6.61 Å². The lowest BCUT2D eigenvalue weighted by Gasteiger charge is -2.36. The van der Waals surface area contributed by atoms with Crippen LogP contribution in [0.15, 0.2) is 0 Å². The van der Waals surface area contributed by atoms with Crippen molar-refractivity contribution in [1.82, 2.24) is 0 Å². The minimum absolute atomic E-state index is 0.934. The van der Waals surface area contributed by atoms with Crippen LogP contribution in [0.25, 0.3) is 0 Å². The molecule has 22 heavy (non-hydrogen) atoms. The van der Waals surface area contributed by atoms with E-state index >= 15 is 0 Å². The van der Waals surface area contributed by atoms with Crippen LogP contribution in [0.2, 0.25) is 0 Å². The Morgan fingerprint density at radius 2 is 0.864 bits per heavy atom. The van der Waals surface area contributed by atoms with Crippen molar-refractivity contribution in [3.05, 3.63) is 0 Å². The monoisotopic (exact) mass is 331 g/mol. The third kappa shape index (κ3) is 11.9. The molecule has 0 rings (SSSR count). The Kier molecular flexibility index (Phi) is 16.5. The molecule has 0 aliphatic heterocycles. The summed E-state index contributed by atoms with van der Waals surface area (Å²) in [6, 6.07) is 0.